The Morgan fingerprint density at radius 3 is 2.59 bits per heavy atom. The molecule has 1 aromatic rings. The van der Waals surface area contributed by atoms with Gasteiger partial charge in [0.15, 0.2) is 0 Å². The molecule has 0 fully saturated rings. The van der Waals surface area contributed by atoms with Gasteiger partial charge >= 0.3 is 6.36 Å². The number of hydrogen-bond donors (Lipinski definition) is 1. The highest BCUT2D eigenvalue weighted by Crippen LogP contribution is 2.26. The highest BCUT2D eigenvalue weighted by atomic mass is 19.4. The molecular weight excluding hydrogens is 231 g/mol. The average Bonchev–Trinajstić information content (AvgIpc) is 2.24. The first-order valence-electron chi connectivity index (χ1n) is 5.49. The quantitative estimate of drug-likeness (QED) is 0.857. The van der Waals surface area contributed by atoms with E-state index < -0.39 is 6.36 Å². The third kappa shape index (κ3) is 4.65. The van der Waals surface area contributed by atoms with E-state index in [1.54, 1.807) is 19.2 Å². The molecule has 0 aliphatic heterocycles. The van der Waals surface area contributed by atoms with Crippen molar-refractivity contribution < 1.29 is 17.9 Å². The second kappa shape index (κ2) is 5.91. The van der Waals surface area contributed by atoms with E-state index in [1.807, 2.05) is 6.92 Å². The summed E-state index contributed by atoms with van der Waals surface area (Å²) in [5, 5.41) is 3.07. The number of nitrogens with one attached hydrogen (secondary N) is 1. The van der Waals surface area contributed by atoms with E-state index in [0.29, 0.717) is 0 Å². The van der Waals surface area contributed by atoms with Gasteiger partial charge in [-0.2, -0.15) is 0 Å². The Hall–Kier alpha value is -1.23. The van der Waals surface area contributed by atoms with Crippen LogP contribution < -0.4 is 10.1 Å². The molecule has 1 atom stereocenters. The molecule has 0 heterocycles. The normalized spacial score (nSPS) is 13.5. The van der Waals surface area contributed by atoms with Crippen molar-refractivity contribution in [3.63, 3.8) is 0 Å². The Balaban J connectivity index is 2.84. The lowest BCUT2D eigenvalue weighted by Gasteiger charge is -2.17. The Morgan fingerprint density at radius 1 is 1.35 bits per heavy atom. The molecule has 1 rings (SSSR count). The van der Waals surface area contributed by atoms with E-state index in [4.69, 9.17) is 0 Å². The minimum atomic E-state index is -4.64. The number of alkyl halides is 3. The fourth-order valence-corrected chi connectivity index (χ4v) is 1.69. The molecule has 2 nitrogen and oxygen atoms in total. The van der Waals surface area contributed by atoms with Crippen molar-refractivity contribution in [2.75, 3.05) is 7.05 Å². The molecule has 0 aromatic heterocycles. The second-order valence-corrected chi connectivity index (χ2v) is 3.75. The monoisotopic (exact) mass is 247 g/mol. The Kier molecular flexibility index (Phi) is 4.81. The van der Waals surface area contributed by atoms with Gasteiger partial charge in [0.1, 0.15) is 5.75 Å². The molecule has 17 heavy (non-hydrogen) atoms. The topological polar surface area (TPSA) is 21.3 Å². The molecule has 0 radical (unpaired) electrons. The minimum Gasteiger partial charge on any atom is -0.406 e. The summed E-state index contributed by atoms with van der Waals surface area (Å²) in [6.45, 7) is 2.03. The van der Waals surface area contributed by atoms with Crippen molar-refractivity contribution in [2.24, 2.45) is 0 Å². The SMILES string of the molecule is CCCC(NC)c1cccc(OC(F)(F)F)c1. The summed E-state index contributed by atoms with van der Waals surface area (Å²) in [4.78, 5) is 0. The van der Waals surface area contributed by atoms with Crippen molar-refractivity contribution in [1.82, 2.24) is 5.32 Å². The fourth-order valence-electron chi connectivity index (χ4n) is 1.69. The summed E-state index contributed by atoms with van der Waals surface area (Å²) in [5.74, 6) is -0.175. The second-order valence-electron chi connectivity index (χ2n) is 3.75. The summed E-state index contributed by atoms with van der Waals surface area (Å²) in [6.07, 6.45) is -2.82. The van der Waals surface area contributed by atoms with E-state index in [-0.39, 0.29) is 11.8 Å². The van der Waals surface area contributed by atoms with Crippen molar-refractivity contribution in [3.05, 3.63) is 29.8 Å². The molecular formula is C12H16F3NO. The number of benzene rings is 1. The minimum absolute atomic E-state index is 0.0526. The van der Waals surface area contributed by atoms with Crippen LogP contribution in [0.4, 0.5) is 13.2 Å². The van der Waals surface area contributed by atoms with Crippen LogP contribution in [-0.2, 0) is 0 Å². The molecule has 0 spiro atoms. The highest BCUT2D eigenvalue weighted by molar-refractivity contribution is 5.30. The molecule has 96 valence electrons. The van der Waals surface area contributed by atoms with Crippen molar-refractivity contribution in [1.29, 1.82) is 0 Å². The van der Waals surface area contributed by atoms with Gasteiger partial charge in [0.25, 0.3) is 0 Å². The van der Waals surface area contributed by atoms with Crippen LogP contribution in [0.5, 0.6) is 5.75 Å². The summed E-state index contributed by atoms with van der Waals surface area (Å²) in [5.41, 5.74) is 0.802. The zero-order chi connectivity index (χ0) is 12.9. The van der Waals surface area contributed by atoms with Gasteiger partial charge in [0.05, 0.1) is 0 Å². The first-order valence-corrected chi connectivity index (χ1v) is 5.49. The number of hydrogen-bond acceptors (Lipinski definition) is 2. The van der Waals surface area contributed by atoms with Crippen LogP contribution in [0.2, 0.25) is 0 Å². The zero-order valence-corrected chi connectivity index (χ0v) is 9.84. The van der Waals surface area contributed by atoms with Gasteiger partial charge in [-0.25, -0.2) is 0 Å². The van der Waals surface area contributed by atoms with Gasteiger partial charge in [-0.3, -0.25) is 0 Å². The van der Waals surface area contributed by atoms with Gasteiger partial charge in [-0.15, -0.1) is 13.2 Å². The van der Waals surface area contributed by atoms with E-state index in [9.17, 15) is 13.2 Å². The van der Waals surface area contributed by atoms with Crippen molar-refractivity contribution >= 4 is 0 Å². The van der Waals surface area contributed by atoms with Crippen LogP contribution in [0.3, 0.4) is 0 Å². The Labute approximate surface area is 98.8 Å². The lowest BCUT2D eigenvalue weighted by Crippen LogP contribution is -2.18. The van der Waals surface area contributed by atoms with Gasteiger partial charge in [0, 0.05) is 6.04 Å². The lowest BCUT2D eigenvalue weighted by atomic mass is 10.0. The first kappa shape index (κ1) is 13.8. The van der Waals surface area contributed by atoms with Crippen LogP contribution in [0.15, 0.2) is 24.3 Å². The van der Waals surface area contributed by atoms with E-state index >= 15 is 0 Å². The molecule has 0 saturated carbocycles. The number of rotatable bonds is 5. The predicted molar refractivity (Wildman–Crippen MR) is 59.8 cm³/mol. The molecule has 5 heteroatoms. The zero-order valence-electron chi connectivity index (χ0n) is 9.84. The maximum atomic E-state index is 12.1. The van der Waals surface area contributed by atoms with Gasteiger partial charge in [-0.05, 0) is 31.2 Å². The molecule has 0 amide bonds. The fraction of sp³-hybridized carbons (Fsp3) is 0.500. The average molecular weight is 247 g/mol. The van der Waals surface area contributed by atoms with Crippen LogP contribution in [-0.4, -0.2) is 13.4 Å². The summed E-state index contributed by atoms with van der Waals surface area (Å²) >= 11 is 0. The summed E-state index contributed by atoms with van der Waals surface area (Å²) in [7, 11) is 1.79. The molecule has 0 aliphatic rings. The Morgan fingerprint density at radius 2 is 2.06 bits per heavy atom. The maximum absolute atomic E-state index is 12.1. The van der Waals surface area contributed by atoms with Crippen LogP contribution in [0.25, 0.3) is 0 Å². The third-order valence-corrected chi connectivity index (χ3v) is 2.42. The largest absolute Gasteiger partial charge is 0.573 e. The smallest absolute Gasteiger partial charge is 0.406 e. The highest BCUT2D eigenvalue weighted by Gasteiger charge is 2.31. The molecule has 0 saturated heterocycles. The van der Waals surface area contributed by atoms with Gasteiger partial charge < -0.3 is 10.1 Å². The third-order valence-electron chi connectivity index (χ3n) is 2.42. The van der Waals surface area contributed by atoms with Gasteiger partial charge in [-0.1, -0.05) is 25.5 Å². The maximum Gasteiger partial charge on any atom is 0.573 e. The van der Waals surface area contributed by atoms with Crippen LogP contribution >= 0.6 is 0 Å². The van der Waals surface area contributed by atoms with Crippen molar-refractivity contribution in [3.8, 4) is 5.75 Å². The number of halogens is 3. The molecule has 1 N–H and O–H groups in total. The summed E-state index contributed by atoms with van der Waals surface area (Å²) < 4.78 is 40.1. The molecule has 0 aliphatic carbocycles. The summed E-state index contributed by atoms with van der Waals surface area (Å²) in [6, 6.07) is 6.13. The van der Waals surface area contributed by atoms with Gasteiger partial charge in [0.2, 0.25) is 0 Å². The van der Waals surface area contributed by atoms with Crippen LogP contribution in [0.1, 0.15) is 31.4 Å². The molecule has 1 unspecified atom stereocenters. The Bertz CT molecular complexity index is 352. The molecule has 1 aromatic carbocycles. The van der Waals surface area contributed by atoms with E-state index in [1.165, 1.54) is 12.1 Å². The van der Waals surface area contributed by atoms with Crippen molar-refractivity contribution in [2.45, 2.75) is 32.2 Å². The molecule has 0 bridgehead atoms. The van der Waals surface area contributed by atoms with Crippen LogP contribution in [0, 0.1) is 0 Å². The standard InChI is InChI=1S/C12H16F3NO/c1-3-5-11(16-2)9-6-4-7-10(8-9)17-12(13,14)15/h4,6-8,11,16H,3,5H2,1-2H3. The van der Waals surface area contributed by atoms with E-state index in [0.717, 1.165) is 18.4 Å². The predicted octanol–water partition coefficient (Wildman–Crippen LogP) is 3.65. The first-order chi connectivity index (χ1) is 7.96. The van der Waals surface area contributed by atoms with E-state index in [2.05, 4.69) is 10.1 Å². The number of ether oxygens (including phenoxy) is 1. The lowest BCUT2D eigenvalue weighted by molar-refractivity contribution is -0.274.